The third kappa shape index (κ3) is 2.98. The third-order valence-electron chi connectivity index (χ3n) is 3.94. The van der Waals surface area contributed by atoms with E-state index in [1.54, 1.807) is 0 Å². The average molecular weight is 274 g/mol. The number of rotatable bonds is 6. The Labute approximate surface area is 122 Å². The number of hydrogen-bond acceptors (Lipinski definition) is 2. The van der Waals surface area contributed by atoms with Crippen molar-refractivity contribution in [3.8, 4) is 5.75 Å². The number of nitrogens with zero attached hydrogens (tertiary/aromatic N) is 2. The molecule has 0 bridgehead atoms. The zero-order valence-electron chi connectivity index (χ0n) is 13.4. The van der Waals surface area contributed by atoms with Gasteiger partial charge in [-0.2, -0.15) is 0 Å². The van der Waals surface area contributed by atoms with E-state index in [0.717, 1.165) is 18.7 Å². The second-order valence-corrected chi connectivity index (χ2v) is 5.64. The first-order valence-corrected chi connectivity index (χ1v) is 7.40. The molecule has 0 aliphatic heterocycles. The van der Waals surface area contributed by atoms with Crippen LogP contribution in [0.4, 0.5) is 0 Å². The molecule has 2 rings (SSSR count). The Balaban J connectivity index is 2.35. The highest BCUT2D eigenvalue weighted by molar-refractivity contribution is 5.86. The highest BCUT2D eigenvalue weighted by Gasteiger charge is 2.12. The van der Waals surface area contributed by atoms with E-state index in [1.807, 2.05) is 6.92 Å². The molecule has 1 aromatic heterocycles. The lowest BCUT2D eigenvalue weighted by Gasteiger charge is -2.09. The van der Waals surface area contributed by atoms with Crippen molar-refractivity contribution in [1.82, 2.24) is 9.47 Å². The van der Waals surface area contributed by atoms with Crippen molar-refractivity contribution >= 4 is 10.9 Å². The van der Waals surface area contributed by atoms with Crippen molar-refractivity contribution in [2.24, 2.45) is 7.05 Å². The minimum Gasteiger partial charge on any atom is -0.494 e. The van der Waals surface area contributed by atoms with Crippen LogP contribution in [0, 0.1) is 6.92 Å². The summed E-state index contributed by atoms with van der Waals surface area (Å²) in [6, 6.07) is 6.43. The summed E-state index contributed by atoms with van der Waals surface area (Å²) in [4.78, 5) is 2.24. The predicted octanol–water partition coefficient (Wildman–Crippen LogP) is 3.38. The second-order valence-electron chi connectivity index (χ2n) is 5.64. The molecule has 0 fully saturated rings. The van der Waals surface area contributed by atoms with E-state index in [9.17, 15) is 0 Å². The van der Waals surface area contributed by atoms with E-state index in [-0.39, 0.29) is 0 Å². The standard InChI is InChI=1S/C17H26N2O/c1-6-20-14-9-10-17-16(12-14)15(13(2)19(17)5)8-7-11-18(3)4/h9-10,12H,6-8,11H2,1-5H3. The van der Waals surface area contributed by atoms with Gasteiger partial charge < -0.3 is 14.2 Å². The molecule has 0 saturated heterocycles. The first kappa shape index (κ1) is 14.9. The number of benzene rings is 1. The monoisotopic (exact) mass is 274 g/mol. The maximum Gasteiger partial charge on any atom is 0.120 e. The quantitative estimate of drug-likeness (QED) is 0.803. The van der Waals surface area contributed by atoms with Crippen LogP contribution < -0.4 is 4.74 Å². The van der Waals surface area contributed by atoms with Gasteiger partial charge in [0.25, 0.3) is 0 Å². The minimum absolute atomic E-state index is 0.716. The van der Waals surface area contributed by atoms with E-state index >= 15 is 0 Å². The molecule has 0 aliphatic rings. The molecule has 2 aromatic rings. The first-order valence-electron chi connectivity index (χ1n) is 7.40. The summed E-state index contributed by atoms with van der Waals surface area (Å²) in [6.07, 6.45) is 2.31. The van der Waals surface area contributed by atoms with Crippen LogP contribution in [0.25, 0.3) is 10.9 Å². The van der Waals surface area contributed by atoms with Crippen LogP contribution in [0.3, 0.4) is 0 Å². The Morgan fingerprint density at radius 3 is 2.65 bits per heavy atom. The van der Waals surface area contributed by atoms with Gasteiger partial charge >= 0.3 is 0 Å². The highest BCUT2D eigenvalue weighted by atomic mass is 16.5. The number of aryl methyl sites for hydroxylation is 2. The fourth-order valence-corrected chi connectivity index (χ4v) is 2.77. The van der Waals surface area contributed by atoms with Gasteiger partial charge in [0, 0.05) is 23.6 Å². The molecular formula is C17H26N2O. The molecule has 0 N–H and O–H groups in total. The van der Waals surface area contributed by atoms with E-state index in [4.69, 9.17) is 4.74 Å². The molecule has 3 heteroatoms. The fraction of sp³-hybridized carbons (Fsp3) is 0.529. The van der Waals surface area contributed by atoms with Crippen LogP contribution in [-0.2, 0) is 13.5 Å². The van der Waals surface area contributed by atoms with E-state index in [0.29, 0.717) is 6.61 Å². The molecular weight excluding hydrogens is 248 g/mol. The Hall–Kier alpha value is -1.48. The van der Waals surface area contributed by atoms with E-state index in [1.165, 1.54) is 28.6 Å². The molecule has 20 heavy (non-hydrogen) atoms. The van der Waals surface area contributed by atoms with Crippen LogP contribution in [0.15, 0.2) is 18.2 Å². The van der Waals surface area contributed by atoms with Crippen molar-refractivity contribution in [3.63, 3.8) is 0 Å². The lowest BCUT2D eigenvalue weighted by molar-refractivity contribution is 0.340. The molecule has 0 amide bonds. The summed E-state index contributed by atoms with van der Waals surface area (Å²) in [5, 5.41) is 1.34. The Bertz CT molecular complexity index is 584. The molecule has 3 nitrogen and oxygen atoms in total. The maximum atomic E-state index is 5.64. The molecule has 0 atom stereocenters. The normalized spacial score (nSPS) is 11.5. The number of ether oxygens (including phenoxy) is 1. The van der Waals surface area contributed by atoms with Crippen molar-refractivity contribution in [3.05, 3.63) is 29.5 Å². The van der Waals surface area contributed by atoms with Gasteiger partial charge in [0.05, 0.1) is 6.61 Å². The van der Waals surface area contributed by atoms with E-state index < -0.39 is 0 Å². The molecule has 0 aliphatic carbocycles. The second kappa shape index (κ2) is 6.31. The van der Waals surface area contributed by atoms with Crippen molar-refractivity contribution in [2.45, 2.75) is 26.7 Å². The van der Waals surface area contributed by atoms with Crippen molar-refractivity contribution in [1.29, 1.82) is 0 Å². The SMILES string of the molecule is CCOc1ccc2c(c1)c(CCCN(C)C)c(C)n2C. The number of fused-ring (bicyclic) bond motifs is 1. The maximum absolute atomic E-state index is 5.64. The van der Waals surface area contributed by atoms with Gasteiger partial charge in [-0.05, 0) is 71.1 Å². The van der Waals surface area contributed by atoms with Gasteiger partial charge in [-0.15, -0.1) is 0 Å². The topological polar surface area (TPSA) is 17.4 Å². The summed E-state index contributed by atoms with van der Waals surface area (Å²) in [6.45, 7) is 6.08. The van der Waals surface area contributed by atoms with Gasteiger partial charge in [-0.1, -0.05) is 0 Å². The minimum atomic E-state index is 0.716. The van der Waals surface area contributed by atoms with Crippen molar-refractivity contribution < 1.29 is 4.74 Å². The molecule has 0 spiro atoms. The molecule has 0 radical (unpaired) electrons. The molecule has 0 unspecified atom stereocenters. The molecule has 1 heterocycles. The highest BCUT2D eigenvalue weighted by Crippen LogP contribution is 2.29. The molecule has 110 valence electrons. The number of aromatic nitrogens is 1. The Morgan fingerprint density at radius 1 is 1.25 bits per heavy atom. The summed E-state index contributed by atoms with van der Waals surface area (Å²) >= 11 is 0. The average Bonchev–Trinajstić information content (AvgIpc) is 2.64. The largest absolute Gasteiger partial charge is 0.494 e. The first-order chi connectivity index (χ1) is 9.54. The smallest absolute Gasteiger partial charge is 0.120 e. The van der Waals surface area contributed by atoms with Gasteiger partial charge in [-0.3, -0.25) is 0 Å². The van der Waals surface area contributed by atoms with E-state index in [2.05, 4.69) is 55.7 Å². The zero-order valence-corrected chi connectivity index (χ0v) is 13.4. The summed E-state index contributed by atoms with van der Waals surface area (Å²) < 4.78 is 7.93. The Kier molecular flexibility index (Phi) is 4.71. The van der Waals surface area contributed by atoms with Crippen LogP contribution >= 0.6 is 0 Å². The van der Waals surface area contributed by atoms with Crippen LogP contribution in [0.1, 0.15) is 24.6 Å². The van der Waals surface area contributed by atoms with Gasteiger partial charge in [-0.25, -0.2) is 0 Å². The predicted molar refractivity (Wildman–Crippen MR) is 85.7 cm³/mol. The summed E-state index contributed by atoms with van der Waals surface area (Å²) in [7, 11) is 6.40. The Morgan fingerprint density at radius 2 is 2.00 bits per heavy atom. The third-order valence-corrected chi connectivity index (χ3v) is 3.94. The number of hydrogen-bond donors (Lipinski definition) is 0. The lowest BCUT2D eigenvalue weighted by Crippen LogP contribution is -2.13. The van der Waals surface area contributed by atoms with Crippen LogP contribution in [0.5, 0.6) is 5.75 Å². The van der Waals surface area contributed by atoms with Gasteiger partial charge in [0.2, 0.25) is 0 Å². The van der Waals surface area contributed by atoms with Crippen LogP contribution in [-0.4, -0.2) is 36.7 Å². The van der Waals surface area contributed by atoms with Crippen molar-refractivity contribution in [2.75, 3.05) is 27.2 Å². The summed E-state index contributed by atoms with van der Waals surface area (Å²) in [5.74, 6) is 0.972. The summed E-state index contributed by atoms with van der Waals surface area (Å²) in [5.41, 5.74) is 4.13. The zero-order chi connectivity index (χ0) is 14.7. The molecule has 1 aromatic carbocycles. The lowest BCUT2D eigenvalue weighted by atomic mass is 10.1. The molecule has 0 saturated carbocycles. The van der Waals surface area contributed by atoms with Crippen LogP contribution in [0.2, 0.25) is 0 Å². The van der Waals surface area contributed by atoms with Gasteiger partial charge in [0.1, 0.15) is 5.75 Å². The van der Waals surface area contributed by atoms with Gasteiger partial charge in [0.15, 0.2) is 0 Å². The fourth-order valence-electron chi connectivity index (χ4n) is 2.77.